The highest BCUT2D eigenvalue weighted by molar-refractivity contribution is 7.11. The van der Waals surface area contributed by atoms with E-state index in [1.54, 1.807) is 11.7 Å². The van der Waals surface area contributed by atoms with Gasteiger partial charge in [0.2, 0.25) is 0 Å². The van der Waals surface area contributed by atoms with E-state index in [0.717, 1.165) is 22.6 Å². The summed E-state index contributed by atoms with van der Waals surface area (Å²) < 4.78 is 5.78. The van der Waals surface area contributed by atoms with Crippen molar-refractivity contribution in [2.75, 3.05) is 19.7 Å². The van der Waals surface area contributed by atoms with E-state index in [4.69, 9.17) is 4.74 Å². The lowest BCUT2D eigenvalue weighted by molar-refractivity contribution is -0.0207. The maximum atomic E-state index is 12.5. The van der Waals surface area contributed by atoms with Crippen molar-refractivity contribution in [3.05, 3.63) is 46.2 Å². The first-order valence-corrected chi connectivity index (χ1v) is 7.82. The molecule has 110 valence electrons. The van der Waals surface area contributed by atoms with Crippen molar-refractivity contribution >= 4 is 17.2 Å². The van der Waals surface area contributed by atoms with Crippen LogP contribution in [0.1, 0.15) is 20.9 Å². The summed E-state index contributed by atoms with van der Waals surface area (Å²) in [6, 6.07) is 3.95. The molecule has 21 heavy (non-hydrogen) atoms. The molecule has 0 unspecified atom stereocenters. The van der Waals surface area contributed by atoms with Crippen molar-refractivity contribution in [3.63, 3.8) is 0 Å². The zero-order valence-corrected chi connectivity index (χ0v) is 12.7. The average Bonchev–Trinajstić information content (AvgIpc) is 2.94. The third-order valence-electron chi connectivity index (χ3n) is 3.55. The van der Waals surface area contributed by atoms with Gasteiger partial charge in [-0.2, -0.15) is 0 Å². The Bertz CT molecular complexity index is 614. The van der Waals surface area contributed by atoms with Gasteiger partial charge >= 0.3 is 0 Å². The Kier molecular flexibility index (Phi) is 4.26. The second-order valence-corrected chi connectivity index (χ2v) is 5.93. The van der Waals surface area contributed by atoms with E-state index in [2.05, 4.69) is 9.97 Å². The van der Waals surface area contributed by atoms with E-state index in [9.17, 15) is 4.79 Å². The van der Waals surface area contributed by atoms with Gasteiger partial charge in [0.05, 0.1) is 23.9 Å². The van der Waals surface area contributed by atoms with Crippen LogP contribution in [0.25, 0.3) is 0 Å². The molecular weight excluding hydrogens is 286 g/mol. The molecule has 0 aromatic carbocycles. The zero-order chi connectivity index (χ0) is 14.7. The summed E-state index contributed by atoms with van der Waals surface area (Å²) >= 11 is 1.40. The number of rotatable bonds is 3. The summed E-state index contributed by atoms with van der Waals surface area (Å²) in [4.78, 5) is 23.4. The number of carbonyl (C=O) groups is 1. The molecule has 0 radical (unpaired) electrons. The molecule has 0 saturated carbocycles. The third kappa shape index (κ3) is 3.28. The van der Waals surface area contributed by atoms with Gasteiger partial charge in [-0.3, -0.25) is 9.78 Å². The number of aryl methyl sites for hydroxylation is 1. The predicted octanol–water partition coefficient (Wildman–Crippen LogP) is 1.93. The van der Waals surface area contributed by atoms with E-state index in [1.165, 1.54) is 11.3 Å². The van der Waals surface area contributed by atoms with Crippen LogP contribution in [0.2, 0.25) is 0 Å². The minimum Gasteiger partial charge on any atom is -0.374 e. The fourth-order valence-corrected chi connectivity index (χ4v) is 3.23. The van der Waals surface area contributed by atoms with E-state index in [1.807, 2.05) is 30.2 Å². The second kappa shape index (κ2) is 6.32. The molecule has 1 amide bonds. The Morgan fingerprint density at radius 2 is 2.48 bits per heavy atom. The molecule has 1 aliphatic rings. The lowest BCUT2D eigenvalue weighted by Crippen LogP contribution is -2.46. The van der Waals surface area contributed by atoms with Gasteiger partial charge in [0.25, 0.3) is 5.91 Å². The third-order valence-corrected chi connectivity index (χ3v) is 4.47. The molecular formula is C15H17N3O2S. The van der Waals surface area contributed by atoms with E-state index in [-0.39, 0.29) is 12.0 Å². The van der Waals surface area contributed by atoms with E-state index < -0.39 is 0 Å². The number of ether oxygens (including phenoxy) is 1. The maximum Gasteiger partial charge on any atom is 0.266 e. The van der Waals surface area contributed by atoms with Crippen LogP contribution in [0.3, 0.4) is 0 Å². The van der Waals surface area contributed by atoms with Gasteiger partial charge < -0.3 is 9.64 Å². The molecule has 1 aliphatic heterocycles. The first-order chi connectivity index (χ1) is 10.2. The molecule has 2 aromatic heterocycles. The van der Waals surface area contributed by atoms with Crippen molar-refractivity contribution < 1.29 is 9.53 Å². The number of morpholine rings is 1. The van der Waals surface area contributed by atoms with Crippen molar-refractivity contribution in [3.8, 4) is 0 Å². The monoisotopic (exact) mass is 303 g/mol. The fraction of sp³-hybridized carbons (Fsp3) is 0.400. The van der Waals surface area contributed by atoms with Gasteiger partial charge in [0.1, 0.15) is 4.88 Å². The molecule has 0 spiro atoms. The predicted molar refractivity (Wildman–Crippen MR) is 80.4 cm³/mol. The molecule has 0 aliphatic carbocycles. The quantitative estimate of drug-likeness (QED) is 0.869. The highest BCUT2D eigenvalue weighted by Crippen LogP contribution is 2.18. The molecule has 1 saturated heterocycles. The molecule has 3 heterocycles. The Balaban J connectivity index is 1.66. The summed E-state index contributed by atoms with van der Waals surface area (Å²) in [5.41, 5.74) is 3.65. The van der Waals surface area contributed by atoms with Crippen molar-refractivity contribution in [1.82, 2.24) is 14.9 Å². The number of aromatic nitrogens is 2. The van der Waals surface area contributed by atoms with E-state index in [0.29, 0.717) is 19.7 Å². The number of amides is 1. The number of pyridine rings is 1. The maximum absolute atomic E-state index is 12.5. The first-order valence-electron chi connectivity index (χ1n) is 6.94. The topological polar surface area (TPSA) is 55.3 Å². The normalized spacial score (nSPS) is 18.7. The molecule has 0 bridgehead atoms. The molecule has 5 nitrogen and oxygen atoms in total. The van der Waals surface area contributed by atoms with Crippen LogP contribution in [0.15, 0.2) is 30.0 Å². The summed E-state index contributed by atoms with van der Waals surface area (Å²) in [6.07, 6.45) is 4.41. The average molecular weight is 303 g/mol. The van der Waals surface area contributed by atoms with Crippen LogP contribution in [-0.4, -0.2) is 46.6 Å². The van der Waals surface area contributed by atoms with Gasteiger partial charge in [-0.25, -0.2) is 4.98 Å². The Hall–Kier alpha value is -1.79. The summed E-state index contributed by atoms with van der Waals surface area (Å²) in [5.74, 6) is 0.0643. The minimum atomic E-state index is 0.0279. The molecule has 1 fully saturated rings. The second-order valence-electron chi connectivity index (χ2n) is 5.08. The Labute approximate surface area is 127 Å². The highest BCUT2D eigenvalue weighted by atomic mass is 32.1. The largest absolute Gasteiger partial charge is 0.374 e. The van der Waals surface area contributed by atoms with Gasteiger partial charge in [-0.15, -0.1) is 11.3 Å². The first kappa shape index (κ1) is 14.2. The molecule has 0 N–H and O–H groups in total. The number of carbonyl (C=O) groups excluding carboxylic acids is 1. The molecule has 1 atom stereocenters. The number of thiazole rings is 1. The van der Waals surface area contributed by atoms with Crippen molar-refractivity contribution in [2.45, 2.75) is 19.4 Å². The van der Waals surface area contributed by atoms with Crippen molar-refractivity contribution in [1.29, 1.82) is 0 Å². The zero-order valence-electron chi connectivity index (χ0n) is 11.9. The van der Waals surface area contributed by atoms with E-state index >= 15 is 0 Å². The van der Waals surface area contributed by atoms with Crippen LogP contribution in [0.5, 0.6) is 0 Å². The smallest absolute Gasteiger partial charge is 0.266 e. The lowest BCUT2D eigenvalue weighted by Gasteiger charge is -2.32. The Morgan fingerprint density at radius 1 is 1.57 bits per heavy atom. The fourth-order valence-electron chi connectivity index (χ4n) is 2.46. The summed E-state index contributed by atoms with van der Waals surface area (Å²) in [6.45, 7) is 3.70. The van der Waals surface area contributed by atoms with Crippen LogP contribution < -0.4 is 0 Å². The summed E-state index contributed by atoms with van der Waals surface area (Å²) in [5, 5.41) is 0. The van der Waals surface area contributed by atoms with Crippen LogP contribution in [0, 0.1) is 6.92 Å². The standard InChI is InChI=1S/C15H17N3O2S/c1-11-14(21-10-17-11)15(19)18-5-6-20-13(9-18)7-12-3-2-4-16-8-12/h2-4,8,10,13H,5-7,9H2,1H3/t13-/m1/s1. The number of nitrogens with zero attached hydrogens (tertiary/aromatic N) is 3. The molecule has 6 heteroatoms. The summed E-state index contributed by atoms with van der Waals surface area (Å²) in [7, 11) is 0. The molecule has 3 rings (SSSR count). The van der Waals surface area contributed by atoms with Gasteiger partial charge in [-0.05, 0) is 18.6 Å². The Morgan fingerprint density at radius 3 is 3.19 bits per heavy atom. The van der Waals surface area contributed by atoms with Crippen LogP contribution in [0.4, 0.5) is 0 Å². The van der Waals surface area contributed by atoms with Gasteiger partial charge in [-0.1, -0.05) is 6.07 Å². The highest BCUT2D eigenvalue weighted by Gasteiger charge is 2.26. The lowest BCUT2D eigenvalue weighted by atomic mass is 10.1. The molecule has 2 aromatic rings. The number of hydrogen-bond donors (Lipinski definition) is 0. The van der Waals surface area contributed by atoms with Gasteiger partial charge in [0, 0.05) is 31.9 Å². The van der Waals surface area contributed by atoms with Crippen LogP contribution >= 0.6 is 11.3 Å². The number of hydrogen-bond acceptors (Lipinski definition) is 5. The van der Waals surface area contributed by atoms with Gasteiger partial charge in [0.15, 0.2) is 0 Å². The van der Waals surface area contributed by atoms with Crippen molar-refractivity contribution in [2.24, 2.45) is 0 Å². The SMILES string of the molecule is Cc1ncsc1C(=O)N1CCO[C@H](Cc2cccnc2)C1. The van der Waals surface area contributed by atoms with Crippen LogP contribution in [-0.2, 0) is 11.2 Å². The minimum absolute atomic E-state index is 0.0279.